The summed E-state index contributed by atoms with van der Waals surface area (Å²) in [7, 11) is 0. The topological polar surface area (TPSA) is 75.4 Å². The van der Waals surface area contributed by atoms with Gasteiger partial charge in [-0.05, 0) is 19.9 Å². The average Bonchev–Trinajstić information content (AvgIpc) is 2.88. The number of nitrogens with one attached hydrogen (secondary N) is 1. The van der Waals surface area contributed by atoms with Gasteiger partial charge >= 0.3 is 5.97 Å². The van der Waals surface area contributed by atoms with E-state index in [1.54, 1.807) is 11.4 Å². The van der Waals surface area contributed by atoms with Crippen molar-refractivity contribution in [2.24, 2.45) is 0 Å². The largest absolute Gasteiger partial charge is 0.478 e. The SMILES string of the molecule is Cc1nc(CNCc2cc(C(=O)O)cs2)oc1C. The van der Waals surface area contributed by atoms with E-state index in [1.807, 2.05) is 13.8 Å². The van der Waals surface area contributed by atoms with Gasteiger partial charge in [0.15, 0.2) is 0 Å². The van der Waals surface area contributed by atoms with E-state index in [0.29, 0.717) is 24.5 Å². The van der Waals surface area contributed by atoms with Crippen molar-refractivity contribution in [3.63, 3.8) is 0 Å². The summed E-state index contributed by atoms with van der Waals surface area (Å²) in [5.74, 6) is 0.590. The van der Waals surface area contributed by atoms with Crippen molar-refractivity contribution in [3.05, 3.63) is 39.2 Å². The van der Waals surface area contributed by atoms with Crippen LogP contribution in [0, 0.1) is 13.8 Å². The predicted molar refractivity (Wildman–Crippen MR) is 67.8 cm³/mol. The van der Waals surface area contributed by atoms with Crippen molar-refractivity contribution in [3.8, 4) is 0 Å². The molecule has 96 valence electrons. The first-order valence-electron chi connectivity index (χ1n) is 5.50. The van der Waals surface area contributed by atoms with Gasteiger partial charge in [-0.2, -0.15) is 0 Å². The highest BCUT2D eigenvalue weighted by Crippen LogP contribution is 2.15. The molecule has 0 aromatic carbocycles. The molecule has 0 unspecified atom stereocenters. The van der Waals surface area contributed by atoms with Crippen molar-refractivity contribution in [1.29, 1.82) is 0 Å². The smallest absolute Gasteiger partial charge is 0.336 e. The molecule has 2 heterocycles. The Kier molecular flexibility index (Phi) is 3.78. The molecule has 0 aliphatic heterocycles. The summed E-state index contributed by atoms with van der Waals surface area (Å²) in [5.41, 5.74) is 1.23. The number of carboxylic acids is 1. The van der Waals surface area contributed by atoms with Crippen LogP contribution in [-0.4, -0.2) is 16.1 Å². The maximum absolute atomic E-state index is 10.7. The highest BCUT2D eigenvalue weighted by atomic mass is 32.1. The zero-order valence-electron chi connectivity index (χ0n) is 10.2. The zero-order chi connectivity index (χ0) is 13.1. The molecule has 2 rings (SSSR count). The third-order valence-electron chi connectivity index (χ3n) is 2.55. The van der Waals surface area contributed by atoms with Crippen LogP contribution < -0.4 is 5.32 Å². The summed E-state index contributed by atoms with van der Waals surface area (Å²) in [6.07, 6.45) is 0. The van der Waals surface area contributed by atoms with Crippen molar-refractivity contribution in [1.82, 2.24) is 10.3 Å². The number of thiophene rings is 1. The van der Waals surface area contributed by atoms with E-state index >= 15 is 0 Å². The lowest BCUT2D eigenvalue weighted by atomic mass is 10.3. The molecule has 0 amide bonds. The van der Waals surface area contributed by atoms with Crippen molar-refractivity contribution in [2.75, 3.05) is 0 Å². The lowest BCUT2D eigenvalue weighted by Gasteiger charge is -1.98. The van der Waals surface area contributed by atoms with Crippen LogP contribution in [0.25, 0.3) is 0 Å². The Morgan fingerprint density at radius 3 is 2.83 bits per heavy atom. The maximum atomic E-state index is 10.7. The van der Waals surface area contributed by atoms with Gasteiger partial charge in [-0.15, -0.1) is 11.3 Å². The van der Waals surface area contributed by atoms with Crippen LogP contribution >= 0.6 is 11.3 Å². The quantitative estimate of drug-likeness (QED) is 0.868. The van der Waals surface area contributed by atoms with Crippen molar-refractivity contribution in [2.45, 2.75) is 26.9 Å². The number of hydrogen-bond acceptors (Lipinski definition) is 5. The van der Waals surface area contributed by atoms with Crippen LogP contribution in [0.2, 0.25) is 0 Å². The summed E-state index contributed by atoms with van der Waals surface area (Å²) in [6.45, 7) is 4.93. The van der Waals surface area contributed by atoms with Crippen molar-refractivity contribution < 1.29 is 14.3 Å². The molecule has 0 saturated carbocycles. The standard InChI is InChI=1S/C12H14N2O3S/c1-7-8(2)17-11(14-7)5-13-4-10-3-9(6-18-10)12(15)16/h3,6,13H,4-5H2,1-2H3,(H,15,16). The zero-order valence-corrected chi connectivity index (χ0v) is 11.0. The fraction of sp³-hybridized carbons (Fsp3) is 0.333. The van der Waals surface area contributed by atoms with E-state index in [9.17, 15) is 4.79 Å². The van der Waals surface area contributed by atoms with Gasteiger partial charge in [0.1, 0.15) is 5.76 Å². The monoisotopic (exact) mass is 266 g/mol. The summed E-state index contributed by atoms with van der Waals surface area (Å²) in [6, 6.07) is 1.67. The second kappa shape index (κ2) is 5.32. The molecule has 0 radical (unpaired) electrons. The third-order valence-corrected chi connectivity index (χ3v) is 3.49. The van der Waals surface area contributed by atoms with Gasteiger partial charge in [-0.1, -0.05) is 0 Å². The maximum Gasteiger partial charge on any atom is 0.336 e. The van der Waals surface area contributed by atoms with Crippen LogP contribution in [-0.2, 0) is 13.1 Å². The molecule has 2 aromatic heterocycles. The molecule has 5 nitrogen and oxygen atoms in total. The average molecular weight is 266 g/mol. The summed E-state index contributed by atoms with van der Waals surface area (Å²) >= 11 is 1.43. The second-order valence-electron chi connectivity index (χ2n) is 3.96. The molecule has 2 aromatic rings. The first kappa shape index (κ1) is 12.8. The number of carboxylic acid groups (broad SMARTS) is 1. The molecule has 0 fully saturated rings. The van der Waals surface area contributed by atoms with E-state index in [4.69, 9.17) is 9.52 Å². The molecule has 18 heavy (non-hydrogen) atoms. The number of nitrogens with zero attached hydrogens (tertiary/aromatic N) is 1. The molecule has 0 atom stereocenters. The Labute approximate surface area is 108 Å². The molecular formula is C12H14N2O3S. The van der Waals surface area contributed by atoms with Gasteiger partial charge in [-0.25, -0.2) is 9.78 Å². The van der Waals surface area contributed by atoms with E-state index in [0.717, 1.165) is 16.3 Å². The summed E-state index contributed by atoms with van der Waals surface area (Å²) in [5, 5.41) is 13.6. The lowest BCUT2D eigenvalue weighted by Crippen LogP contribution is -2.12. The molecular weight excluding hydrogens is 252 g/mol. The Morgan fingerprint density at radius 1 is 1.50 bits per heavy atom. The Balaban J connectivity index is 1.86. The van der Waals surface area contributed by atoms with E-state index in [-0.39, 0.29) is 0 Å². The number of carbonyl (C=O) groups is 1. The summed E-state index contributed by atoms with van der Waals surface area (Å²) < 4.78 is 5.43. The molecule has 0 bridgehead atoms. The number of rotatable bonds is 5. The minimum Gasteiger partial charge on any atom is -0.478 e. The van der Waals surface area contributed by atoms with Gasteiger partial charge in [0.05, 0.1) is 17.8 Å². The van der Waals surface area contributed by atoms with Crippen molar-refractivity contribution >= 4 is 17.3 Å². The third kappa shape index (κ3) is 2.96. The molecule has 0 saturated heterocycles. The van der Waals surface area contributed by atoms with Gasteiger partial charge in [0.25, 0.3) is 0 Å². The molecule has 6 heteroatoms. The number of hydrogen-bond donors (Lipinski definition) is 2. The number of aromatic nitrogens is 1. The predicted octanol–water partition coefficient (Wildman–Crippen LogP) is 2.34. The first-order valence-corrected chi connectivity index (χ1v) is 6.38. The van der Waals surface area contributed by atoms with E-state index in [1.165, 1.54) is 11.3 Å². The van der Waals surface area contributed by atoms with Crippen LogP contribution in [0.1, 0.15) is 32.6 Å². The molecule has 0 aliphatic rings. The minimum absolute atomic E-state index is 0.333. The fourth-order valence-corrected chi connectivity index (χ4v) is 2.32. The number of oxazole rings is 1. The molecule has 0 aliphatic carbocycles. The van der Waals surface area contributed by atoms with E-state index in [2.05, 4.69) is 10.3 Å². The highest BCUT2D eigenvalue weighted by Gasteiger charge is 2.07. The van der Waals surface area contributed by atoms with Crippen LogP contribution in [0.15, 0.2) is 15.9 Å². The highest BCUT2D eigenvalue weighted by molar-refractivity contribution is 7.10. The van der Waals surface area contributed by atoms with Gasteiger partial charge in [0.2, 0.25) is 5.89 Å². The number of aryl methyl sites for hydroxylation is 2. The Bertz CT molecular complexity index is 540. The number of aromatic carboxylic acids is 1. The van der Waals surface area contributed by atoms with Crippen LogP contribution in [0.5, 0.6) is 0 Å². The fourth-order valence-electron chi connectivity index (χ4n) is 1.49. The van der Waals surface area contributed by atoms with E-state index < -0.39 is 5.97 Å². The minimum atomic E-state index is -0.892. The first-order chi connectivity index (χ1) is 8.56. The van der Waals surface area contributed by atoms with Crippen LogP contribution in [0.3, 0.4) is 0 Å². The van der Waals surface area contributed by atoms with Gasteiger partial charge in [-0.3, -0.25) is 0 Å². The lowest BCUT2D eigenvalue weighted by molar-refractivity contribution is 0.0697. The molecule has 0 spiro atoms. The Hall–Kier alpha value is -1.66. The second-order valence-corrected chi connectivity index (χ2v) is 4.96. The van der Waals surface area contributed by atoms with Gasteiger partial charge in [0, 0.05) is 16.8 Å². The molecule has 2 N–H and O–H groups in total. The normalized spacial score (nSPS) is 10.8. The summed E-state index contributed by atoms with van der Waals surface area (Å²) in [4.78, 5) is 15.9. The Morgan fingerprint density at radius 2 is 2.28 bits per heavy atom. The van der Waals surface area contributed by atoms with Gasteiger partial charge < -0.3 is 14.8 Å². The van der Waals surface area contributed by atoms with Crippen LogP contribution in [0.4, 0.5) is 0 Å².